The van der Waals surface area contributed by atoms with Crippen LogP contribution in [0.1, 0.15) is 25.3 Å². The first-order valence-corrected chi connectivity index (χ1v) is 8.82. The zero-order valence-corrected chi connectivity index (χ0v) is 15.4. The smallest absolute Gasteiger partial charge is 0.222 e. The van der Waals surface area contributed by atoms with Crippen LogP contribution in [0.25, 0.3) is 0 Å². The second-order valence-electron chi connectivity index (χ2n) is 6.23. The summed E-state index contributed by atoms with van der Waals surface area (Å²) in [6, 6.07) is 18.0. The van der Waals surface area contributed by atoms with Crippen molar-refractivity contribution in [3.63, 3.8) is 0 Å². The fourth-order valence-corrected chi connectivity index (χ4v) is 2.58. The average Bonchev–Trinajstić information content (AvgIpc) is 2.64. The highest BCUT2D eigenvalue weighted by molar-refractivity contribution is 5.76. The Balaban J connectivity index is 1.78. The van der Waals surface area contributed by atoms with Gasteiger partial charge in [0.15, 0.2) is 0 Å². The van der Waals surface area contributed by atoms with E-state index < -0.39 is 0 Å². The highest BCUT2D eigenvalue weighted by atomic mass is 16.5. The van der Waals surface area contributed by atoms with Gasteiger partial charge in [0.25, 0.3) is 0 Å². The summed E-state index contributed by atoms with van der Waals surface area (Å²) in [5.74, 6) is 1.03. The van der Waals surface area contributed by atoms with Gasteiger partial charge in [-0.1, -0.05) is 30.3 Å². The number of anilines is 1. The molecule has 4 nitrogen and oxygen atoms in total. The van der Waals surface area contributed by atoms with Gasteiger partial charge < -0.3 is 14.5 Å². The van der Waals surface area contributed by atoms with Crippen LogP contribution in [0.4, 0.5) is 5.69 Å². The third-order valence-electron chi connectivity index (χ3n) is 4.11. The number of carbonyl (C=O) groups is 1. The largest absolute Gasteiger partial charge is 0.494 e. The Labute approximate surface area is 151 Å². The molecule has 4 heteroatoms. The SMILES string of the molecule is CCN(Cc1ccc(N(C)C)cc1)C(=O)CCCOc1ccccc1. The number of nitrogens with zero attached hydrogens (tertiary/aromatic N) is 2. The Bertz CT molecular complexity index is 639. The molecule has 0 radical (unpaired) electrons. The molecule has 2 aromatic rings. The van der Waals surface area contributed by atoms with Gasteiger partial charge in [0.05, 0.1) is 6.61 Å². The van der Waals surface area contributed by atoms with Crippen molar-refractivity contribution >= 4 is 11.6 Å². The maximum atomic E-state index is 12.4. The number of amides is 1. The second-order valence-corrected chi connectivity index (χ2v) is 6.23. The molecule has 25 heavy (non-hydrogen) atoms. The summed E-state index contributed by atoms with van der Waals surface area (Å²) in [6.07, 6.45) is 1.24. The standard InChI is InChI=1S/C21H28N2O2/c1-4-23(17-18-12-14-19(15-13-18)22(2)3)21(24)11-8-16-25-20-9-6-5-7-10-20/h5-7,9-10,12-15H,4,8,11,16-17H2,1-3H3. The van der Waals surface area contributed by atoms with Crippen LogP contribution in [0.15, 0.2) is 54.6 Å². The maximum Gasteiger partial charge on any atom is 0.222 e. The molecule has 0 fully saturated rings. The molecule has 0 spiro atoms. The molecule has 0 unspecified atom stereocenters. The molecule has 2 rings (SSSR count). The number of para-hydroxylation sites is 1. The van der Waals surface area contributed by atoms with Gasteiger partial charge in [0.1, 0.15) is 5.75 Å². The zero-order valence-electron chi connectivity index (χ0n) is 15.4. The van der Waals surface area contributed by atoms with Gasteiger partial charge in [-0.15, -0.1) is 0 Å². The van der Waals surface area contributed by atoms with E-state index in [9.17, 15) is 4.79 Å². The average molecular weight is 340 g/mol. The lowest BCUT2D eigenvalue weighted by molar-refractivity contribution is -0.131. The van der Waals surface area contributed by atoms with Gasteiger partial charge in [-0.2, -0.15) is 0 Å². The number of ether oxygens (including phenoxy) is 1. The Morgan fingerprint density at radius 1 is 1.00 bits per heavy atom. The van der Waals surface area contributed by atoms with Crippen molar-refractivity contribution in [1.29, 1.82) is 0 Å². The first-order chi connectivity index (χ1) is 12.1. The summed E-state index contributed by atoms with van der Waals surface area (Å²) in [5, 5.41) is 0. The lowest BCUT2D eigenvalue weighted by Crippen LogP contribution is -2.30. The van der Waals surface area contributed by atoms with Crippen LogP contribution in [0.2, 0.25) is 0 Å². The number of hydrogen-bond acceptors (Lipinski definition) is 3. The molecule has 2 aromatic carbocycles. The lowest BCUT2D eigenvalue weighted by Gasteiger charge is -2.21. The van der Waals surface area contributed by atoms with Gasteiger partial charge in [-0.05, 0) is 43.2 Å². The summed E-state index contributed by atoms with van der Waals surface area (Å²) >= 11 is 0. The Morgan fingerprint density at radius 2 is 1.68 bits per heavy atom. The van der Waals surface area contributed by atoms with Crippen LogP contribution >= 0.6 is 0 Å². The van der Waals surface area contributed by atoms with Crippen molar-refractivity contribution < 1.29 is 9.53 Å². The molecule has 0 N–H and O–H groups in total. The topological polar surface area (TPSA) is 32.8 Å². The molecule has 0 aliphatic heterocycles. The van der Waals surface area contributed by atoms with E-state index in [-0.39, 0.29) is 5.91 Å². The minimum atomic E-state index is 0.177. The predicted octanol–water partition coefficient (Wildman–Crippen LogP) is 3.96. The summed E-state index contributed by atoms with van der Waals surface area (Å²) in [7, 11) is 4.04. The summed E-state index contributed by atoms with van der Waals surface area (Å²) in [4.78, 5) is 16.4. The molecule has 1 amide bonds. The molecule has 0 aliphatic rings. The van der Waals surface area contributed by atoms with Gasteiger partial charge in [-0.25, -0.2) is 0 Å². The van der Waals surface area contributed by atoms with E-state index in [0.717, 1.165) is 23.4 Å². The number of carbonyl (C=O) groups excluding carboxylic acids is 1. The van der Waals surface area contributed by atoms with E-state index in [2.05, 4.69) is 29.2 Å². The predicted molar refractivity (Wildman–Crippen MR) is 103 cm³/mol. The van der Waals surface area contributed by atoms with Crippen molar-refractivity contribution in [1.82, 2.24) is 4.90 Å². The third kappa shape index (κ3) is 6.14. The Kier molecular flexibility index (Phi) is 7.33. The van der Waals surface area contributed by atoms with E-state index in [0.29, 0.717) is 26.1 Å². The zero-order chi connectivity index (χ0) is 18.1. The number of hydrogen-bond donors (Lipinski definition) is 0. The minimum absolute atomic E-state index is 0.177. The van der Waals surface area contributed by atoms with Crippen LogP contribution in [0, 0.1) is 0 Å². The molecule has 0 saturated heterocycles. The summed E-state index contributed by atoms with van der Waals surface area (Å²) in [5.41, 5.74) is 2.32. The van der Waals surface area contributed by atoms with Crippen LogP contribution in [-0.2, 0) is 11.3 Å². The summed E-state index contributed by atoms with van der Waals surface area (Å²) < 4.78 is 5.65. The van der Waals surface area contributed by atoms with Gasteiger partial charge in [0, 0.05) is 39.3 Å². The van der Waals surface area contributed by atoms with Crippen molar-refractivity contribution in [3.05, 3.63) is 60.2 Å². The summed E-state index contributed by atoms with van der Waals surface area (Å²) in [6.45, 7) is 3.95. The molecule has 0 heterocycles. The quantitative estimate of drug-likeness (QED) is 0.648. The van der Waals surface area contributed by atoms with Gasteiger partial charge in [0.2, 0.25) is 5.91 Å². The van der Waals surface area contributed by atoms with Crippen molar-refractivity contribution in [2.45, 2.75) is 26.3 Å². The molecular weight excluding hydrogens is 312 g/mol. The maximum absolute atomic E-state index is 12.4. The Morgan fingerprint density at radius 3 is 2.28 bits per heavy atom. The normalized spacial score (nSPS) is 10.4. The fraction of sp³-hybridized carbons (Fsp3) is 0.381. The first kappa shape index (κ1) is 18.8. The van der Waals surface area contributed by atoms with Crippen molar-refractivity contribution in [2.75, 3.05) is 32.1 Å². The van der Waals surface area contributed by atoms with E-state index >= 15 is 0 Å². The monoisotopic (exact) mass is 340 g/mol. The van der Waals surface area contributed by atoms with Crippen molar-refractivity contribution in [2.24, 2.45) is 0 Å². The minimum Gasteiger partial charge on any atom is -0.494 e. The van der Waals surface area contributed by atoms with E-state index in [1.807, 2.05) is 56.3 Å². The van der Waals surface area contributed by atoms with Crippen LogP contribution in [0.5, 0.6) is 5.75 Å². The highest BCUT2D eigenvalue weighted by Gasteiger charge is 2.12. The van der Waals surface area contributed by atoms with Crippen LogP contribution < -0.4 is 9.64 Å². The lowest BCUT2D eigenvalue weighted by atomic mass is 10.1. The molecule has 0 atom stereocenters. The number of benzene rings is 2. The molecule has 0 aliphatic carbocycles. The number of rotatable bonds is 9. The van der Waals surface area contributed by atoms with Crippen LogP contribution in [0.3, 0.4) is 0 Å². The highest BCUT2D eigenvalue weighted by Crippen LogP contribution is 2.15. The van der Waals surface area contributed by atoms with Crippen LogP contribution in [-0.4, -0.2) is 38.1 Å². The molecule has 134 valence electrons. The Hall–Kier alpha value is -2.49. The van der Waals surface area contributed by atoms with Gasteiger partial charge >= 0.3 is 0 Å². The molecular formula is C21H28N2O2. The fourth-order valence-electron chi connectivity index (χ4n) is 2.58. The van der Waals surface area contributed by atoms with E-state index in [1.54, 1.807) is 0 Å². The molecule has 0 saturated carbocycles. The molecule has 0 aromatic heterocycles. The third-order valence-corrected chi connectivity index (χ3v) is 4.11. The first-order valence-electron chi connectivity index (χ1n) is 8.82. The van der Waals surface area contributed by atoms with E-state index in [1.165, 1.54) is 0 Å². The van der Waals surface area contributed by atoms with Crippen molar-refractivity contribution in [3.8, 4) is 5.75 Å². The molecule has 0 bridgehead atoms. The van der Waals surface area contributed by atoms with E-state index in [4.69, 9.17) is 4.74 Å². The second kappa shape index (κ2) is 9.72. The van der Waals surface area contributed by atoms with Gasteiger partial charge in [-0.3, -0.25) is 4.79 Å².